The molecule has 0 atom stereocenters. The van der Waals surface area contributed by atoms with Gasteiger partial charge in [-0.1, -0.05) is 19.8 Å². The summed E-state index contributed by atoms with van der Waals surface area (Å²) in [6, 6.07) is 2.98. The summed E-state index contributed by atoms with van der Waals surface area (Å²) in [4.78, 5) is 12.5. The van der Waals surface area contributed by atoms with Gasteiger partial charge in [0.15, 0.2) is 0 Å². The number of rotatable bonds is 3. The normalized spacial score (nSPS) is 17.7. The first kappa shape index (κ1) is 16.3. The summed E-state index contributed by atoms with van der Waals surface area (Å²) in [6.45, 7) is 5.52. The summed E-state index contributed by atoms with van der Waals surface area (Å²) in [5, 5.41) is 2.96. The maximum absolute atomic E-state index is 12.5. The van der Waals surface area contributed by atoms with Crippen molar-refractivity contribution in [2.24, 2.45) is 5.41 Å². The molecule has 0 aromatic heterocycles. The fourth-order valence-corrected chi connectivity index (χ4v) is 3.81. The minimum Gasteiger partial charge on any atom is -0.325 e. The van der Waals surface area contributed by atoms with Crippen LogP contribution in [0.2, 0.25) is 0 Å². The van der Waals surface area contributed by atoms with Crippen molar-refractivity contribution in [1.29, 1.82) is 0 Å². The average Bonchev–Trinajstić information content (AvgIpc) is 2.80. The topological polar surface area (TPSA) is 63.2 Å². The number of hydrogen-bond donors (Lipinski definition) is 1. The van der Waals surface area contributed by atoms with E-state index in [-0.39, 0.29) is 16.2 Å². The zero-order valence-electron chi connectivity index (χ0n) is 12.5. The van der Waals surface area contributed by atoms with E-state index in [0.717, 1.165) is 25.7 Å². The molecule has 116 valence electrons. The third-order valence-electron chi connectivity index (χ3n) is 4.28. The number of benzene rings is 1. The van der Waals surface area contributed by atoms with E-state index >= 15 is 0 Å². The minimum absolute atomic E-state index is 0.00711. The van der Waals surface area contributed by atoms with Crippen molar-refractivity contribution in [1.82, 2.24) is 0 Å². The Labute approximate surface area is 130 Å². The van der Waals surface area contributed by atoms with Crippen molar-refractivity contribution in [2.75, 3.05) is 5.32 Å². The molecule has 0 bridgehead atoms. The Balaban J connectivity index is 2.31. The van der Waals surface area contributed by atoms with E-state index < -0.39 is 9.05 Å². The van der Waals surface area contributed by atoms with Gasteiger partial charge in [0.05, 0.1) is 4.90 Å². The number of hydrogen-bond acceptors (Lipinski definition) is 3. The number of nitrogens with one attached hydrogen (secondary N) is 1. The summed E-state index contributed by atoms with van der Waals surface area (Å²) >= 11 is 0. The van der Waals surface area contributed by atoms with Gasteiger partial charge in [-0.25, -0.2) is 8.42 Å². The van der Waals surface area contributed by atoms with Crippen LogP contribution in [0.5, 0.6) is 0 Å². The van der Waals surface area contributed by atoms with Crippen molar-refractivity contribution in [3.63, 3.8) is 0 Å². The Hall–Kier alpha value is -1.07. The zero-order valence-corrected chi connectivity index (χ0v) is 14.1. The molecule has 0 saturated heterocycles. The van der Waals surface area contributed by atoms with Crippen molar-refractivity contribution < 1.29 is 13.2 Å². The number of carbonyl (C=O) groups excluding carboxylic acids is 1. The molecule has 1 aromatic rings. The third kappa shape index (κ3) is 3.40. The summed E-state index contributed by atoms with van der Waals surface area (Å²) in [7, 11) is 1.61. The van der Waals surface area contributed by atoms with Gasteiger partial charge in [0, 0.05) is 21.8 Å². The molecule has 1 aromatic carbocycles. The molecule has 2 rings (SSSR count). The summed E-state index contributed by atoms with van der Waals surface area (Å²) < 4.78 is 22.8. The maximum atomic E-state index is 12.5. The Morgan fingerprint density at radius 1 is 1.19 bits per heavy atom. The molecule has 6 heteroatoms. The van der Waals surface area contributed by atoms with E-state index in [4.69, 9.17) is 10.7 Å². The first-order valence-electron chi connectivity index (χ1n) is 7.01. The number of halogens is 1. The van der Waals surface area contributed by atoms with Gasteiger partial charge < -0.3 is 5.32 Å². The Kier molecular flexibility index (Phi) is 4.36. The second-order valence-electron chi connectivity index (χ2n) is 6.09. The molecule has 1 aliphatic carbocycles. The predicted molar refractivity (Wildman–Crippen MR) is 84.2 cm³/mol. The molecule has 0 spiro atoms. The Morgan fingerprint density at radius 2 is 1.67 bits per heavy atom. The quantitative estimate of drug-likeness (QED) is 0.859. The van der Waals surface area contributed by atoms with Crippen LogP contribution in [0.1, 0.15) is 43.7 Å². The lowest BCUT2D eigenvalue weighted by Gasteiger charge is -2.24. The van der Waals surface area contributed by atoms with Crippen LogP contribution in [0.15, 0.2) is 17.0 Å². The van der Waals surface area contributed by atoms with Crippen molar-refractivity contribution >= 4 is 31.3 Å². The molecule has 0 heterocycles. The highest BCUT2D eigenvalue weighted by Gasteiger charge is 2.36. The molecule has 0 aliphatic heterocycles. The lowest BCUT2D eigenvalue weighted by molar-refractivity contribution is -0.124. The summed E-state index contributed by atoms with van der Waals surface area (Å²) in [5.41, 5.74) is 1.75. The molecule has 0 unspecified atom stereocenters. The van der Waals surface area contributed by atoms with Crippen LogP contribution in [0.3, 0.4) is 0 Å². The van der Waals surface area contributed by atoms with Gasteiger partial charge in [0.1, 0.15) is 0 Å². The molecule has 1 amide bonds. The van der Waals surface area contributed by atoms with Gasteiger partial charge in [0.2, 0.25) is 5.91 Å². The molecule has 21 heavy (non-hydrogen) atoms. The second-order valence-corrected chi connectivity index (χ2v) is 8.66. The van der Waals surface area contributed by atoms with Crippen LogP contribution in [0.25, 0.3) is 0 Å². The summed E-state index contributed by atoms with van der Waals surface area (Å²) in [5.74, 6) is 0.00711. The molecule has 1 aliphatic rings. The van der Waals surface area contributed by atoms with Crippen LogP contribution in [0, 0.1) is 19.3 Å². The highest BCUT2D eigenvalue weighted by molar-refractivity contribution is 8.13. The average molecular weight is 330 g/mol. The maximum Gasteiger partial charge on any atom is 0.261 e. The molecule has 4 nitrogen and oxygen atoms in total. The lowest BCUT2D eigenvalue weighted by atomic mass is 9.87. The van der Waals surface area contributed by atoms with E-state index in [1.54, 1.807) is 13.8 Å². The predicted octanol–water partition coefficient (Wildman–Crippen LogP) is 3.75. The Bertz CT molecular complexity index is 653. The summed E-state index contributed by atoms with van der Waals surface area (Å²) in [6.07, 6.45) is 3.94. The van der Waals surface area contributed by atoms with Crippen molar-refractivity contribution in [3.05, 3.63) is 23.3 Å². The highest BCUT2D eigenvalue weighted by atomic mass is 35.7. The lowest BCUT2D eigenvalue weighted by Crippen LogP contribution is -2.31. The van der Waals surface area contributed by atoms with E-state index in [9.17, 15) is 13.2 Å². The van der Waals surface area contributed by atoms with Crippen LogP contribution in [-0.4, -0.2) is 14.3 Å². The molecule has 1 saturated carbocycles. The molecule has 0 radical (unpaired) electrons. The monoisotopic (exact) mass is 329 g/mol. The first-order chi connectivity index (χ1) is 9.63. The van der Waals surface area contributed by atoms with Gasteiger partial charge in [0.25, 0.3) is 9.05 Å². The van der Waals surface area contributed by atoms with Crippen LogP contribution in [0.4, 0.5) is 5.69 Å². The number of aryl methyl sites for hydroxylation is 2. The van der Waals surface area contributed by atoms with Crippen LogP contribution >= 0.6 is 10.7 Å². The zero-order chi connectivity index (χ0) is 15.8. The minimum atomic E-state index is -3.76. The van der Waals surface area contributed by atoms with E-state index in [1.807, 2.05) is 6.92 Å². The third-order valence-corrected chi connectivity index (χ3v) is 5.61. The fraction of sp³-hybridized carbons (Fsp3) is 0.533. The molecular formula is C15H20ClNO3S. The first-order valence-corrected chi connectivity index (χ1v) is 9.32. The fourth-order valence-electron chi connectivity index (χ4n) is 2.91. The molecule has 1 fully saturated rings. The van der Waals surface area contributed by atoms with Gasteiger partial charge in [-0.15, -0.1) is 0 Å². The standard InChI is InChI=1S/C15H20ClNO3S/c1-10-8-12(21(16,19)20)9-11(2)13(10)17-14(18)15(3)6-4-5-7-15/h8-9H,4-7H2,1-3H3,(H,17,18). The number of anilines is 1. The van der Waals surface area contributed by atoms with E-state index in [0.29, 0.717) is 16.8 Å². The van der Waals surface area contributed by atoms with Crippen LogP contribution in [-0.2, 0) is 13.8 Å². The SMILES string of the molecule is Cc1cc(S(=O)(=O)Cl)cc(C)c1NC(=O)C1(C)CCCC1. The smallest absolute Gasteiger partial charge is 0.261 e. The van der Waals surface area contributed by atoms with Gasteiger partial charge >= 0.3 is 0 Å². The van der Waals surface area contributed by atoms with Crippen molar-refractivity contribution in [3.8, 4) is 0 Å². The second kappa shape index (κ2) is 5.61. The van der Waals surface area contributed by atoms with E-state index in [2.05, 4.69) is 5.32 Å². The van der Waals surface area contributed by atoms with Gasteiger partial charge in [-0.2, -0.15) is 0 Å². The van der Waals surface area contributed by atoms with Crippen molar-refractivity contribution in [2.45, 2.75) is 51.3 Å². The number of amides is 1. The van der Waals surface area contributed by atoms with Crippen LogP contribution < -0.4 is 5.32 Å². The highest BCUT2D eigenvalue weighted by Crippen LogP contribution is 2.39. The molecule has 1 N–H and O–H groups in total. The number of carbonyl (C=O) groups is 1. The molecular weight excluding hydrogens is 310 g/mol. The largest absolute Gasteiger partial charge is 0.325 e. The Morgan fingerprint density at radius 3 is 2.10 bits per heavy atom. The van der Waals surface area contributed by atoms with Gasteiger partial charge in [-0.05, 0) is 49.9 Å². The van der Waals surface area contributed by atoms with E-state index in [1.165, 1.54) is 12.1 Å². The van der Waals surface area contributed by atoms with Gasteiger partial charge in [-0.3, -0.25) is 4.79 Å².